The van der Waals surface area contributed by atoms with E-state index in [1.165, 1.54) is 0 Å². The van der Waals surface area contributed by atoms with E-state index in [2.05, 4.69) is 26.1 Å². The minimum Gasteiger partial charge on any atom is -0.370 e. The third kappa shape index (κ3) is 1.96. The second-order valence-corrected chi connectivity index (χ2v) is 3.51. The van der Waals surface area contributed by atoms with Crippen LogP contribution in [0.15, 0.2) is 0 Å². The summed E-state index contributed by atoms with van der Waals surface area (Å²) in [5.74, 6) is 0. The van der Waals surface area contributed by atoms with Gasteiger partial charge in [-0.2, -0.15) is 0 Å². The third-order valence-electron chi connectivity index (χ3n) is 2.08. The second kappa shape index (κ2) is 2.89. The lowest BCUT2D eigenvalue weighted by Gasteiger charge is -2.35. The first-order valence-corrected chi connectivity index (χ1v) is 4.02. The summed E-state index contributed by atoms with van der Waals surface area (Å²) in [5.41, 5.74) is 0.0762. The van der Waals surface area contributed by atoms with E-state index in [4.69, 9.17) is 4.74 Å². The number of hydrogen-bond acceptors (Lipinski definition) is 2. The molecule has 1 N–H and O–H groups in total. The molecule has 0 aromatic heterocycles. The van der Waals surface area contributed by atoms with Crippen LogP contribution in [0.3, 0.4) is 0 Å². The molecule has 1 aliphatic heterocycles. The Labute approximate surface area is 63.0 Å². The molecule has 1 aliphatic rings. The van der Waals surface area contributed by atoms with Crippen LogP contribution >= 0.6 is 0 Å². The summed E-state index contributed by atoms with van der Waals surface area (Å²) in [7, 11) is 0. The van der Waals surface area contributed by atoms with E-state index in [0.717, 1.165) is 19.5 Å². The van der Waals surface area contributed by atoms with Crippen LogP contribution in [-0.2, 0) is 4.74 Å². The largest absolute Gasteiger partial charge is 0.370 e. The quantitative estimate of drug-likeness (QED) is 0.640. The average molecular weight is 143 g/mol. The van der Waals surface area contributed by atoms with Crippen LogP contribution in [0, 0.1) is 0 Å². The lowest BCUT2D eigenvalue weighted by atomic mass is 10.1. The number of rotatable bonds is 3. The summed E-state index contributed by atoms with van der Waals surface area (Å²) in [6, 6.07) is 0. The zero-order valence-electron chi connectivity index (χ0n) is 7.11. The Balaban J connectivity index is 2.21. The molecule has 10 heavy (non-hydrogen) atoms. The molecule has 0 saturated carbocycles. The molecule has 60 valence electrons. The monoisotopic (exact) mass is 143 g/mol. The number of ether oxygens (including phenoxy) is 1. The molecular weight excluding hydrogens is 126 g/mol. The van der Waals surface area contributed by atoms with Gasteiger partial charge in [0.1, 0.15) is 0 Å². The minimum absolute atomic E-state index is 0.0762. The molecule has 1 rings (SSSR count). The molecule has 0 aromatic rings. The molecule has 0 unspecified atom stereocenters. The Bertz CT molecular complexity index is 108. The zero-order valence-corrected chi connectivity index (χ0v) is 7.11. The first kappa shape index (κ1) is 8.02. The molecule has 0 amide bonds. The third-order valence-corrected chi connectivity index (χ3v) is 2.08. The van der Waals surface area contributed by atoms with Crippen molar-refractivity contribution in [3.8, 4) is 0 Å². The van der Waals surface area contributed by atoms with Crippen molar-refractivity contribution < 1.29 is 4.74 Å². The van der Waals surface area contributed by atoms with Crippen molar-refractivity contribution >= 4 is 0 Å². The van der Waals surface area contributed by atoms with Gasteiger partial charge in [-0.15, -0.1) is 0 Å². The smallest absolute Gasteiger partial charge is 0.0830 e. The number of nitrogens with one attached hydrogen (secondary N) is 1. The van der Waals surface area contributed by atoms with Gasteiger partial charge < -0.3 is 10.1 Å². The van der Waals surface area contributed by atoms with Gasteiger partial charge in [0, 0.05) is 13.1 Å². The Morgan fingerprint density at radius 1 is 1.50 bits per heavy atom. The van der Waals surface area contributed by atoms with Gasteiger partial charge in [0.2, 0.25) is 0 Å². The standard InChI is InChI=1S/C8H17NO/c1-4-8(2,3)10-7-5-9-6-7/h7,9H,4-6H2,1-3H3. The molecule has 0 atom stereocenters. The Hall–Kier alpha value is -0.0800. The van der Waals surface area contributed by atoms with Crippen LogP contribution in [0.25, 0.3) is 0 Å². The van der Waals surface area contributed by atoms with Gasteiger partial charge in [-0.1, -0.05) is 6.92 Å². The second-order valence-electron chi connectivity index (χ2n) is 3.51. The summed E-state index contributed by atoms with van der Waals surface area (Å²) in [5, 5.41) is 3.18. The Kier molecular flexibility index (Phi) is 2.32. The maximum absolute atomic E-state index is 5.76. The van der Waals surface area contributed by atoms with Crippen molar-refractivity contribution in [1.29, 1.82) is 0 Å². The van der Waals surface area contributed by atoms with Gasteiger partial charge in [0.25, 0.3) is 0 Å². The van der Waals surface area contributed by atoms with E-state index < -0.39 is 0 Å². The molecule has 0 aromatic carbocycles. The topological polar surface area (TPSA) is 21.3 Å². The summed E-state index contributed by atoms with van der Waals surface area (Å²) < 4.78 is 5.76. The Morgan fingerprint density at radius 2 is 2.10 bits per heavy atom. The fourth-order valence-electron chi connectivity index (χ4n) is 0.880. The first-order chi connectivity index (χ1) is 4.64. The minimum atomic E-state index is 0.0762. The Morgan fingerprint density at radius 3 is 2.40 bits per heavy atom. The molecule has 0 radical (unpaired) electrons. The fraction of sp³-hybridized carbons (Fsp3) is 1.00. The predicted octanol–water partition coefficient (Wildman–Crippen LogP) is 1.16. The van der Waals surface area contributed by atoms with E-state index in [9.17, 15) is 0 Å². The van der Waals surface area contributed by atoms with E-state index in [0.29, 0.717) is 6.10 Å². The molecule has 0 aliphatic carbocycles. The molecule has 2 nitrogen and oxygen atoms in total. The zero-order chi connectivity index (χ0) is 7.61. The molecule has 2 heteroatoms. The van der Waals surface area contributed by atoms with Gasteiger partial charge in [-0.25, -0.2) is 0 Å². The van der Waals surface area contributed by atoms with Gasteiger partial charge in [-0.05, 0) is 20.3 Å². The van der Waals surface area contributed by atoms with E-state index in [1.807, 2.05) is 0 Å². The highest BCUT2D eigenvalue weighted by molar-refractivity contribution is 4.79. The highest BCUT2D eigenvalue weighted by Gasteiger charge is 2.25. The van der Waals surface area contributed by atoms with E-state index in [1.54, 1.807) is 0 Å². The van der Waals surface area contributed by atoms with E-state index >= 15 is 0 Å². The van der Waals surface area contributed by atoms with Crippen LogP contribution < -0.4 is 5.32 Å². The SMILES string of the molecule is CCC(C)(C)OC1CNC1. The normalized spacial score (nSPS) is 20.7. The summed E-state index contributed by atoms with van der Waals surface area (Å²) in [6.07, 6.45) is 1.55. The molecule has 1 saturated heterocycles. The van der Waals surface area contributed by atoms with Crippen molar-refractivity contribution in [2.75, 3.05) is 13.1 Å². The van der Waals surface area contributed by atoms with Crippen molar-refractivity contribution in [3.05, 3.63) is 0 Å². The average Bonchev–Trinajstić information content (AvgIpc) is 1.80. The van der Waals surface area contributed by atoms with Crippen LogP contribution in [0.5, 0.6) is 0 Å². The molecule has 0 spiro atoms. The lowest BCUT2D eigenvalue weighted by Crippen LogP contribution is -2.51. The molecule has 0 bridgehead atoms. The van der Waals surface area contributed by atoms with Gasteiger partial charge in [0.05, 0.1) is 11.7 Å². The lowest BCUT2D eigenvalue weighted by molar-refractivity contribution is -0.0919. The molecule has 1 heterocycles. The van der Waals surface area contributed by atoms with Crippen LogP contribution in [-0.4, -0.2) is 24.8 Å². The number of hydrogen-bond donors (Lipinski definition) is 1. The van der Waals surface area contributed by atoms with Crippen molar-refractivity contribution in [2.24, 2.45) is 0 Å². The summed E-state index contributed by atoms with van der Waals surface area (Å²) >= 11 is 0. The summed E-state index contributed by atoms with van der Waals surface area (Å²) in [4.78, 5) is 0. The predicted molar refractivity (Wildman–Crippen MR) is 42.1 cm³/mol. The highest BCUT2D eigenvalue weighted by atomic mass is 16.5. The van der Waals surface area contributed by atoms with Crippen molar-refractivity contribution in [2.45, 2.75) is 38.9 Å². The van der Waals surface area contributed by atoms with Gasteiger partial charge in [0.15, 0.2) is 0 Å². The summed E-state index contributed by atoms with van der Waals surface area (Å²) in [6.45, 7) is 8.51. The highest BCUT2D eigenvalue weighted by Crippen LogP contribution is 2.17. The fourth-order valence-corrected chi connectivity index (χ4v) is 0.880. The maximum atomic E-state index is 5.76. The van der Waals surface area contributed by atoms with Gasteiger partial charge in [-0.3, -0.25) is 0 Å². The van der Waals surface area contributed by atoms with Gasteiger partial charge >= 0.3 is 0 Å². The molecular formula is C8H17NO. The maximum Gasteiger partial charge on any atom is 0.0830 e. The van der Waals surface area contributed by atoms with E-state index in [-0.39, 0.29) is 5.60 Å². The first-order valence-electron chi connectivity index (χ1n) is 4.02. The van der Waals surface area contributed by atoms with Crippen LogP contribution in [0.1, 0.15) is 27.2 Å². The van der Waals surface area contributed by atoms with Crippen LogP contribution in [0.2, 0.25) is 0 Å². The molecule has 1 fully saturated rings. The van der Waals surface area contributed by atoms with Crippen LogP contribution in [0.4, 0.5) is 0 Å². The van der Waals surface area contributed by atoms with Crippen molar-refractivity contribution in [3.63, 3.8) is 0 Å². The van der Waals surface area contributed by atoms with Crippen molar-refractivity contribution in [1.82, 2.24) is 5.32 Å².